The van der Waals surface area contributed by atoms with Crippen molar-refractivity contribution in [3.8, 4) is 0 Å². The number of hydrogen-bond donors (Lipinski definition) is 2. The Hall–Kier alpha value is -1.35. The Kier molecular flexibility index (Phi) is 2.40. The molecule has 1 fully saturated rings. The highest BCUT2D eigenvalue weighted by atomic mass is 15.1. The normalized spacial score (nSPS) is 18.1. The largest absolute Gasteiger partial charge is 0.316 e. The van der Waals surface area contributed by atoms with E-state index in [1.807, 2.05) is 0 Å². The van der Waals surface area contributed by atoms with Gasteiger partial charge in [0, 0.05) is 19.8 Å². The van der Waals surface area contributed by atoms with E-state index in [1.165, 1.54) is 29.7 Å². The van der Waals surface area contributed by atoms with Crippen LogP contribution in [0.4, 0.5) is 0 Å². The predicted molar refractivity (Wildman–Crippen MR) is 64.4 cm³/mol. The first-order valence-electron chi connectivity index (χ1n) is 6.06. The Balaban J connectivity index is 2.10. The summed E-state index contributed by atoms with van der Waals surface area (Å²) in [4.78, 5) is 3.47. The molecule has 3 rings (SSSR count). The van der Waals surface area contributed by atoms with Gasteiger partial charge in [0.05, 0.1) is 0 Å². The number of fused-ring (bicyclic) bond motifs is 1. The molecule has 0 atom stereocenters. The quantitative estimate of drug-likeness (QED) is 0.698. The van der Waals surface area contributed by atoms with Gasteiger partial charge in [0.25, 0.3) is 5.82 Å². The molecule has 0 bridgehead atoms. The smallest absolute Gasteiger partial charge is 0.252 e. The van der Waals surface area contributed by atoms with E-state index in [-0.39, 0.29) is 0 Å². The number of para-hydroxylation sites is 2. The molecule has 3 heteroatoms. The number of H-pyrrole nitrogens is 1. The summed E-state index contributed by atoms with van der Waals surface area (Å²) in [5.74, 6) is 1.27. The summed E-state index contributed by atoms with van der Waals surface area (Å²) in [6.07, 6.45) is 2.46. The highest BCUT2D eigenvalue weighted by Gasteiger charge is 2.24. The van der Waals surface area contributed by atoms with E-state index in [1.54, 1.807) is 0 Å². The van der Waals surface area contributed by atoms with Crippen LogP contribution in [0.25, 0.3) is 11.0 Å². The molecule has 2 heterocycles. The maximum atomic E-state index is 3.47. The molecule has 1 saturated heterocycles. The number of aromatic amines is 1. The fraction of sp³-hybridized carbons (Fsp3) is 0.462. The summed E-state index contributed by atoms with van der Waals surface area (Å²) < 4.78 is 2.47. The van der Waals surface area contributed by atoms with Crippen LogP contribution < -0.4 is 9.88 Å². The van der Waals surface area contributed by atoms with E-state index in [9.17, 15) is 0 Å². The topological polar surface area (TPSA) is 31.7 Å². The second kappa shape index (κ2) is 3.91. The van der Waals surface area contributed by atoms with Gasteiger partial charge >= 0.3 is 0 Å². The van der Waals surface area contributed by atoms with E-state index in [0.717, 1.165) is 13.1 Å². The van der Waals surface area contributed by atoms with Gasteiger partial charge in [0.1, 0.15) is 6.04 Å². The van der Waals surface area contributed by atoms with Crippen molar-refractivity contribution < 1.29 is 4.57 Å². The van der Waals surface area contributed by atoms with Crippen molar-refractivity contribution in [2.45, 2.75) is 25.8 Å². The first kappa shape index (κ1) is 9.85. The predicted octanol–water partition coefficient (Wildman–Crippen LogP) is 1.69. The van der Waals surface area contributed by atoms with Crippen LogP contribution in [0.2, 0.25) is 0 Å². The number of nitrogens with zero attached hydrogens (tertiary/aromatic N) is 1. The monoisotopic (exact) mass is 216 g/mol. The van der Waals surface area contributed by atoms with E-state index in [0.29, 0.717) is 6.04 Å². The lowest BCUT2D eigenvalue weighted by Crippen LogP contribution is -2.46. The maximum absolute atomic E-state index is 3.47. The lowest BCUT2D eigenvalue weighted by Gasteiger charge is -2.21. The number of piperidine rings is 1. The molecule has 1 aliphatic heterocycles. The van der Waals surface area contributed by atoms with E-state index in [2.05, 4.69) is 46.1 Å². The van der Waals surface area contributed by atoms with E-state index >= 15 is 0 Å². The van der Waals surface area contributed by atoms with Crippen molar-refractivity contribution in [3.63, 3.8) is 0 Å². The molecule has 0 radical (unpaired) electrons. The molecule has 0 unspecified atom stereocenters. The summed E-state index contributed by atoms with van der Waals surface area (Å²) in [5.41, 5.74) is 2.59. The molecule has 1 aliphatic rings. The van der Waals surface area contributed by atoms with Crippen LogP contribution in [0.15, 0.2) is 24.3 Å². The molecule has 0 aliphatic carbocycles. The fourth-order valence-electron chi connectivity index (χ4n) is 2.76. The molecular weight excluding hydrogens is 198 g/mol. The van der Waals surface area contributed by atoms with Gasteiger partial charge in [-0.05, 0) is 25.2 Å². The molecular formula is C13H18N3+. The van der Waals surface area contributed by atoms with Gasteiger partial charge in [0.2, 0.25) is 0 Å². The first-order valence-corrected chi connectivity index (χ1v) is 6.06. The fourth-order valence-corrected chi connectivity index (χ4v) is 2.76. The highest BCUT2D eigenvalue weighted by Crippen LogP contribution is 2.17. The van der Waals surface area contributed by atoms with Crippen molar-refractivity contribution >= 4 is 11.0 Å². The standard InChI is InChI=1S/C13H17N3/c1-10-15-12-4-2-3-5-13(12)16(10)11-6-8-14-9-7-11/h2-5,11,14H,6-9H2,1H3/p+1. The van der Waals surface area contributed by atoms with Crippen LogP contribution >= 0.6 is 0 Å². The second-order valence-electron chi connectivity index (χ2n) is 4.58. The number of nitrogens with one attached hydrogen (secondary N) is 2. The summed E-state index contributed by atoms with van der Waals surface area (Å²) in [5, 5.41) is 3.42. The molecule has 2 N–H and O–H groups in total. The van der Waals surface area contributed by atoms with Crippen LogP contribution in [-0.4, -0.2) is 18.1 Å². The first-order chi connectivity index (χ1) is 7.86. The molecule has 2 aromatic rings. The van der Waals surface area contributed by atoms with Crippen LogP contribution in [0.1, 0.15) is 24.7 Å². The zero-order valence-corrected chi connectivity index (χ0v) is 9.66. The summed E-state index contributed by atoms with van der Waals surface area (Å²) in [6, 6.07) is 9.22. The lowest BCUT2D eigenvalue weighted by molar-refractivity contribution is -0.706. The Bertz CT molecular complexity index is 495. The van der Waals surface area contributed by atoms with Crippen LogP contribution in [-0.2, 0) is 0 Å². The van der Waals surface area contributed by atoms with Gasteiger partial charge in [-0.15, -0.1) is 0 Å². The number of hydrogen-bond acceptors (Lipinski definition) is 1. The van der Waals surface area contributed by atoms with Gasteiger partial charge in [-0.2, -0.15) is 0 Å². The third-order valence-electron chi connectivity index (χ3n) is 3.51. The SMILES string of the molecule is Cc1[nH]c2ccccc2[n+]1C1CCNCC1. The van der Waals surface area contributed by atoms with Gasteiger partial charge in [-0.25, -0.2) is 9.55 Å². The van der Waals surface area contributed by atoms with Gasteiger partial charge < -0.3 is 5.32 Å². The third-order valence-corrected chi connectivity index (χ3v) is 3.51. The van der Waals surface area contributed by atoms with Crippen molar-refractivity contribution in [1.29, 1.82) is 0 Å². The van der Waals surface area contributed by atoms with Crippen molar-refractivity contribution in [1.82, 2.24) is 10.3 Å². The molecule has 16 heavy (non-hydrogen) atoms. The Labute approximate surface area is 95.5 Å². The molecule has 0 amide bonds. The third kappa shape index (κ3) is 1.52. The van der Waals surface area contributed by atoms with Crippen molar-refractivity contribution in [3.05, 3.63) is 30.1 Å². The summed E-state index contributed by atoms with van der Waals surface area (Å²) in [7, 11) is 0. The number of rotatable bonds is 1. The number of aromatic nitrogens is 2. The molecule has 1 aromatic heterocycles. The molecule has 3 nitrogen and oxygen atoms in total. The minimum Gasteiger partial charge on any atom is -0.316 e. The van der Waals surface area contributed by atoms with Crippen molar-refractivity contribution in [2.24, 2.45) is 0 Å². The highest BCUT2D eigenvalue weighted by molar-refractivity contribution is 5.71. The van der Waals surface area contributed by atoms with E-state index < -0.39 is 0 Å². The summed E-state index contributed by atoms with van der Waals surface area (Å²) in [6.45, 7) is 4.44. The Morgan fingerprint density at radius 2 is 1.94 bits per heavy atom. The average Bonchev–Trinajstić information content (AvgIpc) is 2.66. The molecule has 1 aromatic carbocycles. The van der Waals surface area contributed by atoms with Gasteiger partial charge in [-0.3, -0.25) is 0 Å². The van der Waals surface area contributed by atoms with Gasteiger partial charge in [-0.1, -0.05) is 12.1 Å². The number of imidazole rings is 1. The van der Waals surface area contributed by atoms with Gasteiger partial charge in [0.15, 0.2) is 11.0 Å². The molecule has 84 valence electrons. The van der Waals surface area contributed by atoms with Crippen LogP contribution in [0.5, 0.6) is 0 Å². The lowest BCUT2D eigenvalue weighted by atomic mass is 10.1. The maximum Gasteiger partial charge on any atom is 0.252 e. The number of benzene rings is 1. The Morgan fingerprint density at radius 1 is 1.19 bits per heavy atom. The zero-order valence-electron chi connectivity index (χ0n) is 9.66. The second-order valence-corrected chi connectivity index (χ2v) is 4.58. The zero-order chi connectivity index (χ0) is 11.0. The van der Waals surface area contributed by atoms with E-state index in [4.69, 9.17) is 0 Å². The van der Waals surface area contributed by atoms with Crippen LogP contribution in [0.3, 0.4) is 0 Å². The van der Waals surface area contributed by atoms with Crippen molar-refractivity contribution in [2.75, 3.05) is 13.1 Å². The summed E-state index contributed by atoms with van der Waals surface area (Å²) >= 11 is 0. The average molecular weight is 216 g/mol. The minimum atomic E-state index is 0.650. The Morgan fingerprint density at radius 3 is 2.75 bits per heavy atom. The molecule has 0 saturated carbocycles. The van der Waals surface area contributed by atoms with Crippen LogP contribution in [0, 0.1) is 6.92 Å². The molecule has 0 spiro atoms. The number of aryl methyl sites for hydroxylation is 1. The minimum absolute atomic E-state index is 0.650.